The standard InChI is InChI=1S/C12H13NO3/c14-11(15)9-5-10(9)12(6-16-7-12)8-1-3-13-4-2-8/h1-4,9-10H,5-7H2,(H,14,15). The molecule has 0 amide bonds. The number of hydrogen-bond donors (Lipinski definition) is 1. The summed E-state index contributed by atoms with van der Waals surface area (Å²) in [5.74, 6) is -0.622. The van der Waals surface area contributed by atoms with Crippen molar-refractivity contribution in [3.8, 4) is 0 Å². The number of hydrogen-bond acceptors (Lipinski definition) is 3. The Morgan fingerprint density at radius 1 is 1.44 bits per heavy atom. The highest BCUT2D eigenvalue weighted by Gasteiger charge is 2.60. The van der Waals surface area contributed by atoms with Gasteiger partial charge in [0.2, 0.25) is 0 Å². The number of carboxylic acid groups (broad SMARTS) is 1. The Balaban J connectivity index is 1.88. The van der Waals surface area contributed by atoms with Crippen LogP contribution >= 0.6 is 0 Å². The molecule has 2 fully saturated rings. The molecule has 0 bridgehead atoms. The van der Waals surface area contributed by atoms with Gasteiger partial charge in [0, 0.05) is 17.8 Å². The van der Waals surface area contributed by atoms with Crippen molar-refractivity contribution in [2.24, 2.45) is 11.8 Å². The molecule has 2 atom stereocenters. The fraction of sp³-hybridized carbons (Fsp3) is 0.500. The van der Waals surface area contributed by atoms with Gasteiger partial charge in [-0.15, -0.1) is 0 Å². The third-order valence-corrected chi connectivity index (χ3v) is 3.79. The van der Waals surface area contributed by atoms with Crippen LogP contribution in [0.2, 0.25) is 0 Å². The number of aromatic nitrogens is 1. The summed E-state index contributed by atoms with van der Waals surface area (Å²) >= 11 is 0. The Kier molecular flexibility index (Phi) is 2.01. The first kappa shape index (κ1) is 9.78. The zero-order chi connectivity index (χ0) is 11.2. The van der Waals surface area contributed by atoms with E-state index in [2.05, 4.69) is 4.98 Å². The molecule has 4 nitrogen and oxygen atoms in total. The summed E-state index contributed by atoms with van der Waals surface area (Å²) in [6.45, 7) is 1.29. The second kappa shape index (κ2) is 3.28. The van der Waals surface area contributed by atoms with Crippen LogP contribution in [0.25, 0.3) is 0 Å². The van der Waals surface area contributed by atoms with Crippen molar-refractivity contribution in [2.75, 3.05) is 13.2 Å². The van der Waals surface area contributed by atoms with Crippen LogP contribution in [0.4, 0.5) is 0 Å². The van der Waals surface area contributed by atoms with Gasteiger partial charge in [0.05, 0.1) is 19.1 Å². The van der Waals surface area contributed by atoms with Crippen LogP contribution in [-0.2, 0) is 14.9 Å². The molecule has 16 heavy (non-hydrogen) atoms. The van der Waals surface area contributed by atoms with E-state index in [1.807, 2.05) is 12.1 Å². The zero-order valence-electron chi connectivity index (χ0n) is 8.80. The fourth-order valence-electron chi connectivity index (χ4n) is 2.68. The van der Waals surface area contributed by atoms with Gasteiger partial charge in [-0.2, -0.15) is 0 Å². The molecule has 2 heterocycles. The van der Waals surface area contributed by atoms with Gasteiger partial charge in [0.25, 0.3) is 0 Å². The molecular weight excluding hydrogens is 206 g/mol. The average molecular weight is 219 g/mol. The van der Waals surface area contributed by atoms with E-state index >= 15 is 0 Å². The van der Waals surface area contributed by atoms with Crippen LogP contribution < -0.4 is 0 Å². The molecule has 1 aliphatic heterocycles. The van der Waals surface area contributed by atoms with Crippen LogP contribution in [0.5, 0.6) is 0 Å². The number of carbonyl (C=O) groups is 1. The summed E-state index contributed by atoms with van der Waals surface area (Å²) in [6.07, 6.45) is 4.29. The van der Waals surface area contributed by atoms with Crippen molar-refractivity contribution < 1.29 is 14.6 Å². The van der Waals surface area contributed by atoms with Crippen molar-refractivity contribution in [1.29, 1.82) is 0 Å². The number of nitrogens with zero attached hydrogens (tertiary/aromatic N) is 1. The van der Waals surface area contributed by atoms with Gasteiger partial charge in [-0.3, -0.25) is 9.78 Å². The van der Waals surface area contributed by atoms with Crippen LogP contribution in [0, 0.1) is 11.8 Å². The summed E-state index contributed by atoms with van der Waals surface area (Å²) in [4.78, 5) is 14.9. The van der Waals surface area contributed by atoms with E-state index in [9.17, 15) is 4.79 Å². The zero-order valence-corrected chi connectivity index (χ0v) is 8.80. The first-order chi connectivity index (χ1) is 7.74. The van der Waals surface area contributed by atoms with E-state index in [-0.39, 0.29) is 17.3 Å². The smallest absolute Gasteiger partial charge is 0.306 e. The van der Waals surface area contributed by atoms with E-state index < -0.39 is 5.97 Å². The lowest BCUT2D eigenvalue weighted by atomic mass is 9.74. The Labute approximate surface area is 93.3 Å². The molecule has 0 aromatic carbocycles. The summed E-state index contributed by atoms with van der Waals surface area (Å²) in [5, 5.41) is 9.00. The maximum Gasteiger partial charge on any atom is 0.306 e. The van der Waals surface area contributed by atoms with Crippen molar-refractivity contribution in [2.45, 2.75) is 11.8 Å². The predicted molar refractivity (Wildman–Crippen MR) is 56.0 cm³/mol. The largest absolute Gasteiger partial charge is 0.481 e. The number of carboxylic acids is 1. The molecule has 1 saturated carbocycles. The lowest BCUT2D eigenvalue weighted by molar-refractivity contribution is -0.140. The quantitative estimate of drug-likeness (QED) is 0.826. The number of pyridine rings is 1. The molecule has 1 N–H and O–H groups in total. The van der Waals surface area contributed by atoms with E-state index in [1.54, 1.807) is 12.4 Å². The number of rotatable bonds is 3. The minimum absolute atomic E-state index is 0.0635. The summed E-state index contributed by atoms with van der Waals surface area (Å²) in [7, 11) is 0. The maximum absolute atomic E-state index is 10.9. The molecule has 4 heteroatoms. The Bertz CT molecular complexity index is 414. The van der Waals surface area contributed by atoms with Gasteiger partial charge in [-0.25, -0.2) is 0 Å². The highest BCUT2D eigenvalue weighted by Crippen LogP contribution is 2.55. The van der Waals surface area contributed by atoms with Gasteiger partial charge in [0.15, 0.2) is 0 Å². The van der Waals surface area contributed by atoms with Crippen LogP contribution in [-0.4, -0.2) is 29.3 Å². The van der Waals surface area contributed by atoms with Gasteiger partial charge in [0.1, 0.15) is 0 Å². The third kappa shape index (κ3) is 1.26. The van der Waals surface area contributed by atoms with Crippen molar-refractivity contribution >= 4 is 5.97 Å². The molecule has 0 spiro atoms. The Morgan fingerprint density at radius 2 is 2.12 bits per heavy atom. The third-order valence-electron chi connectivity index (χ3n) is 3.79. The molecule has 3 rings (SSSR count). The molecule has 1 aliphatic carbocycles. The number of aliphatic carboxylic acids is 1. The molecule has 1 aromatic rings. The van der Waals surface area contributed by atoms with E-state index in [4.69, 9.17) is 9.84 Å². The fourth-order valence-corrected chi connectivity index (χ4v) is 2.68. The van der Waals surface area contributed by atoms with Crippen molar-refractivity contribution in [1.82, 2.24) is 4.98 Å². The second-order valence-corrected chi connectivity index (χ2v) is 4.67. The highest BCUT2D eigenvalue weighted by atomic mass is 16.5. The molecule has 84 valence electrons. The summed E-state index contributed by atoms with van der Waals surface area (Å²) in [5.41, 5.74) is 1.11. The number of ether oxygens (including phenoxy) is 1. The molecule has 0 radical (unpaired) electrons. The topological polar surface area (TPSA) is 59.4 Å². The van der Waals surface area contributed by atoms with Gasteiger partial charge >= 0.3 is 5.97 Å². The van der Waals surface area contributed by atoms with Crippen molar-refractivity contribution in [3.05, 3.63) is 30.1 Å². The SMILES string of the molecule is O=C(O)C1CC1C1(c2ccncc2)COC1. The maximum atomic E-state index is 10.9. The van der Waals surface area contributed by atoms with Gasteiger partial charge in [-0.05, 0) is 30.0 Å². The predicted octanol–water partition coefficient (Wildman–Crippen LogP) is 1.07. The van der Waals surface area contributed by atoms with Crippen LogP contribution in [0.3, 0.4) is 0 Å². The normalized spacial score (nSPS) is 30.5. The lowest BCUT2D eigenvalue weighted by Crippen LogP contribution is -2.49. The molecule has 2 unspecified atom stereocenters. The Morgan fingerprint density at radius 3 is 2.56 bits per heavy atom. The monoisotopic (exact) mass is 219 g/mol. The molecule has 1 saturated heterocycles. The lowest BCUT2D eigenvalue weighted by Gasteiger charge is -2.42. The average Bonchev–Trinajstić information content (AvgIpc) is 2.98. The van der Waals surface area contributed by atoms with Crippen molar-refractivity contribution in [3.63, 3.8) is 0 Å². The van der Waals surface area contributed by atoms with Gasteiger partial charge < -0.3 is 9.84 Å². The van der Waals surface area contributed by atoms with E-state index in [0.717, 1.165) is 6.42 Å². The first-order valence-electron chi connectivity index (χ1n) is 5.45. The van der Waals surface area contributed by atoms with Crippen LogP contribution in [0.15, 0.2) is 24.5 Å². The minimum Gasteiger partial charge on any atom is -0.481 e. The molecule has 1 aromatic heterocycles. The minimum atomic E-state index is -0.676. The summed E-state index contributed by atoms with van der Waals surface area (Å²) < 4.78 is 5.31. The molecular formula is C12H13NO3. The van der Waals surface area contributed by atoms with E-state index in [1.165, 1.54) is 5.56 Å². The van der Waals surface area contributed by atoms with Gasteiger partial charge in [-0.1, -0.05) is 0 Å². The second-order valence-electron chi connectivity index (χ2n) is 4.67. The first-order valence-corrected chi connectivity index (χ1v) is 5.45. The van der Waals surface area contributed by atoms with Crippen LogP contribution in [0.1, 0.15) is 12.0 Å². The molecule has 2 aliphatic rings. The highest BCUT2D eigenvalue weighted by molar-refractivity contribution is 5.74. The summed E-state index contributed by atoms with van der Waals surface area (Å²) in [6, 6.07) is 3.94. The Hall–Kier alpha value is -1.42. The van der Waals surface area contributed by atoms with E-state index in [0.29, 0.717) is 13.2 Å².